The second-order valence-electron chi connectivity index (χ2n) is 6.52. The molecule has 2 aromatic rings. The molecule has 2 nitrogen and oxygen atoms in total. The molecule has 0 aliphatic carbocycles. The number of piperidine rings is 1. The number of hydrogen-bond acceptors (Lipinski definition) is 2. The topological polar surface area (TPSA) is 29.1 Å². The largest absolute Gasteiger partial charge is 0.419 e. The van der Waals surface area contributed by atoms with Crippen LogP contribution in [-0.2, 0) is 11.0 Å². The monoisotopic (exact) mass is 393 g/mol. The van der Waals surface area contributed by atoms with E-state index in [4.69, 9.17) is 0 Å². The molecule has 0 amide bonds. The van der Waals surface area contributed by atoms with Crippen LogP contribution in [0, 0.1) is 18.6 Å². The zero-order valence-corrected chi connectivity index (χ0v) is 14.8. The van der Waals surface area contributed by atoms with E-state index in [0.717, 1.165) is 6.07 Å². The highest BCUT2D eigenvalue weighted by atomic mass is 19.4. The summed E-state index contributed by atoms with van der Waals surface area (Å²) in [6, 6.07) is 7.03. The summed E-state index contributed by atoms with van der Waals surface area (Å²) < 4.78 is 65.4. The number of Topliss-reactive ketones (excluding diaryl/α,β-unsaturated/α-hetero) is 1. The Hall–Kier alpha value is -2.80. The molecule has 0 unspecified atom stereocenters. The molecule has 0 atom stereocenters. The van der Waals surface area contributed by atoms with E-state index < -0.39 is 17.6 Å². The highest BCUT2D eigenvalue weighted by molar-refractivity contribution is 6.14. The minimum absolute atomic E-state index is 0.0813. The molecule has 0 saturated carbocycles. The summed E-state index contributed by atoms with van der Waals surface area (Å²) in [5.74, 6) is -2.04. The molecule has 1 aliphatic rings. The first-order valence-corrected chi connectivity index (χ1v) is 8.44. The Morgan fingerprint density at radius 2 is 1.43 bits per heavy atom. The maximum absolute atomic E-state index is 13.4. The normalized spacial score (nSPS) is 18.1. The highest BCUT2D eigenvalue weighted by Crippen LogP contribution is 2.32. The maximum atomic E-state index is 13.4. The van der Waals surface area contributed by atoms with Crippen molar-refractivity contribution in [2.45, 2.75) is 13.1 Å². The van der Waals surface area contributed by atoms with E-state index in [9.17, 15) is 26.7 Å². The van der Waals surface area contributed by atoms with Gasteiger partial charge in [0.2, 0.25) is 0 Å². The van der Waals surface area contributed by atoms with E-state index in [1.807, 2.05) is 0 Å². The van der Waals surface area contributed by atoms with Crippen LogP contribution in [0.3, 0.4) is 0 Å². The lowest BCUT2D eigenvalue weighted by Crippen LogP contribution is -2.32. The van der Waals surface area contributed by atoms with Gasteiger partial charge >= 0.3 is 6.18 Å². The van der Waals surface area contributed by atoms with E-state index in [1.54, 1.807) is 19.1 Å². The van der Waals surface area contributed by atoms with Gasteiger partial charge in [-0.15, -0.1) is 0 Å². The average molecular weight is 393 g/mol. The number of alkyl halides is 3. The number of hydrogen-bond donors (Lipinski definition) is 1. The van der Waals surface area contributed by atoms with Crippen LogP contribution in [0.5, 0.6) is 0 Å². The van der Waals surface area contributed by atoms with E-state index in [0.29, 0.717) is 22.8 Å². The fraction of sp³-hybridized carbons (Fsp3) is 0.190. The van der Waals surface area contributed by atoms with Crippen molar-refractivity contribution in [3.05, 3.63) is 81.4 Å². The van der Waals surface area contributed by atoms with Gasteiger partial charge in [0.15, 0.2) is 5.78 Å². The molecule has 0 radical (unpaired) electrons. The van der Waals surface area contributed by atoms with E-state index in [-0.39, 0.29) is 35.8 Å². The van der Waals surface area contributed by atoms with Crippen molar-refractivity contribution in [1.29, 1.82) is 0 Å². The van der Waals surface area contributed by atoms with Crippen molar-refractivity contribution >= 4 is 17.9 Å². The summed E-state index contributed by atoms with van der Waals surface area (Å²) in [6.07, 6.45) is -1.90. The van der Waals surface area contributed by atoms with Crippen LogP contribution in [-0.4, -0.2) is 18.9 Å². The van der Waals surface area contributed by atoms with Crippen LogP contribution >= 0.6 is 0 Å². The maximum Gasteiger partial charge on any atom is 0.419 e. The predicted molar refractivity (Wildman–Crippen MR) is 96.4 cm³/mol. The van der Waals surface area contributed by atoms with Gasteiger partial charge in [0, 0.05) is 24.2 Å². The first-order chi connectivity index (χ1) is 13.1. The van der Waals surface area contributed by atoms with Gasteiger partial charge in [-0.1, -0.05) is 12.1 Å². The van der Waals surface area contributed by atoms with Gasteiger partial charge in [0.1, 0.15) is 11.6 Å². The SMILES string of the molecule is Cc1cc(/C=C2\CNC/C(=C\c3ccc(F)c(C(F)(F)F)c3)C2=O)ccc1F. The molecule has 146 valence electrons. The second-order valence-corrected chi connectivity index (χ2v) is 6.52. The molecule has 1 saturated heterocycles. The van der Waals surface area contributed by atoms with E-state index in [1.165, 1.54) is 24.3 Å². The molecule has 28 heavy (non-hydrogen) atoms. The standard InChI is InChI=1S/C21H16F5NO/c1-12-6-13(2-4-18(12)22)7-15-10-27-11-16(20(15)28)8-14-3-5-19(23)17(9-14)21(24,25)26/h2-9,27H,10-11H2,1H3/b15-7+,16-8+. The van der Waals surface area contributed by atoms with Crippen LogP contribution in [0.25, 0.3) is 12.2 Å². The quantitative estimate of drug-likeness (QED) is 0.579. The molecule has 3 rings (SSSR count). The van der Waals surface area contributed by atoms with Crippen LogP contribution < -0.4 is 5.32 Å². The third-order valence-corrected chi connectivity index (χ3v) is 4.37. The fourth-order valence-corrected chi connectivity index (χ4v) is 2.94. The summed E-state index contributed by atoms with van der Waals surface area (Å²) in [5.41, 5.74) is 0.449. The Morgan fingerprint density at radius 1 is 0.893 bits per heavy atom. The highest BCUT2D eigenvalue weighted by Gasteiger charge is 2.34. The predicted octanol–water partition coefficient (Wildman–Crippen LogP) is 4.93. The van der Waals surface area contributed by atoms with Crippen molar-refractivity contribution in [2.24, 2.45) is 0 Å². The lowest BCUT2D eigenvalue weighted by molar-refractivity contribution is -0.140. The van der Waals surface area contributed by atoms with Crippen molar-refractivity contribution in [3.8, 4) is 0 Å². The number of halogens is 5. The Labute approximate surface area is 158 Å². The van der Waals surface area contributed by atoms with Gasteiger partial charge in [0.25, 0.3) is 0 Å². The minimum Gasteiger partial charge on any atom is -0.308 e. The summed E-state index contributed by atoms with van der Waals surface area (Å²) >= 11 is 0. The molecule has 7 heteroatoms. The van der Waals surface area contributed by atoms with E-state index in [2.05, 4.69) is 5.32 Å². The number of carbonyl (C=O) groups is 1. The molecule has 1 heterocycles. The lowest BCUT2D eigenvalue weighted by atomic mass is 9.95. The average Bonchev–Trinajstić information content (AvgIpc) is 2.62. The number of rotatable bonds is 2. The van der Waals surface area contributed by atoms with Crippen LogP contribution in [0.2, 0.25) is 0 Å². The summed E-state index contributed by atoms with van der Waals surface area (Å²) in [4.78, 5) is 12.7. The van der Waals surface area contributed by atoms with Gasteiger partial charge < -0.3 is 5.32 Å². The summed E-state index contributed by atoms with van der Waals surface area (Å²) in [7, 11) is 0. The lowest BCUT2D eigenvalue weighted by Gasteiger charge is -2.18. The smallest absolute Gasteiger partial charge is 0.308 e. The molecule has 1 fully saturated rings. The molecule has 0 bridgehead atoms. The fourth-order valence-electron chi connectivity index (χ4n) is 2.94. The van der Waals surface area contributed by atoms with Gasteiger partial charge in [-0.2, -0.15) is 13.2 Å². The van der Waals surface area contributed by atoms with Crippen molar-refractivity contribution in [1.82, 2.24) is 5.32 Å². The summed E-state index contributed by atoms with van der Waals surface area (Å²) in [6.45, 7) is 2.07. The second kappa shape index (κ2) is 7.67. The zero-order valence-electron chi connectivity index (χ0n) is 14.8. The van der Waals surface area contributed by atoms with Gasteiger partial charge in [-0.05, 0) is 60.0 Å². The molecule has 0 spiro atoms. The van der Waals surface area contributed by atoms with Crippen LogP contribution in [0.4, 0.5) is 22.0 Å². The summed E-state index contributed by atoms with van der Waals surface area (Å²) in [5, 5.41) is 3.01. The Kier molecular flexibility index (Phi) is 5.47. The van der Waals surface area contributed by atoms with Gasteiger partial charge in [-0.25, -0.2) is 8.78 Å². The van der Waals surface area contributed by atoms with E-state index >= 15 is 0 Å². The zero-order chi connectivity index (χ0) is 20.5. The molecule has 0 aromatic heterocycles. The van der Waals surface area contributed by atoms with Crippen molar-refractivity contribution < 1.29 is 26.7 Å². The van der Waals surface area contributed by atoms with Gasteiger partial charge in [-0.3, -0.25) is 4.79 Å². The molecule has 2 aromatic carbocycles. The first kappa shape index (κ1) is 19.9. The number of benzene rings is 2. The first-order valence-electron chi connectivity index (χ1n) is 8.44. The van der Waals surface area contributed by atoms with Gasteiger partial charge in [0.05, 0.1) is 5.56 Å². The Morgan fingerprint density at radius 3 is 1.96 bits per heavy atom. The molecule has 1 N–H and O–H groups in total. The third kappa shape index (κ3) is 4.36. The van der Waals surface area contributed by atoms with Crippen molar-refractivity contribution in [2.75, 3.05) is 13.1 Å². The minimum atomic E-state index is -4.82. The Bertz CT molecular complexity index is 989. The molecular formula is C21H16F5NO. The number of carbonyl (C=O) groups excluding carboxylic acids is 1. The van der Waals surface area contributed by atoms with Crippen molar-refractivity contribution in [3.63, 3.8) is 0 Å². The number of nitrogens with one attached hydrogen (secondary N) is 1. The number of aryl methyl sites for hydroxylation is 1. The third-order valence-electron chi connectivity index (χ3n) is 4.37. The Balaban J connectivity index is 1.92. The molecular weight excluding hydrogens is 377 g/mol. The van der Waals surface area contributed by atoms with Crippen LogP contribution in [0.15, 0.2) is 47.5 Å². The number of ketones is 1. The molecule has 1 aliphatic heterocycles. The van der Waals surface area contributed by atoms with Crippen LogP contribution in [0.1, 0.15) is 22.3 Å².